The fraction of sp³-hybridized carbons (Fsp3) is 0.533. The molecule has 1 aromatic rings. The molecule has 1 saturated carbocycles. The van der Waals surface area contributed by atoms with E-state index in [1.54, 1.807) is 0 Å². The SMILES string of the molecule is COC(=O)c1ccc(C2CN(C3CC3)CCN2)cc1. The van der Waals surface area contributed by atoms with Gasteiger partial charge < -0.3 is 10.1 Å². The number of methoxy groups -OCH3 is 1. The molecule has 0 radical (unpaired) electrons. The number of piperazine rings is 1. The van der Waals surface area contributed by atoms with Crippen molar-refractivity contribution < 1.29 is 9.53 Å². The van der Waals surface area contributed by atoms with E-state index in [1.807, 2.05) is 24.3 Å². The van der Waals surface area contributed by atoms with Crippen molar-refractivity contribution in [3.8, 4) is 0 Å². The standard InChI is InChI=1S/C15H20N2O2/c1-19-15(18)12-4-2-11(3-5-12)14-10-17(9-8-16-14)13-6-7-13/h2-5,13-14,16H,6-10H2,1H3. The molecule has 1 aromatic carbocycles. The maximum Gasteiger partial charge on any atom is 0.337 e. The van der Waals surface area contributed by atoms with Crippen LogP contribution in [0.25, 0.3) is 0 Å². The van der Waals surface area contributed by atoms with Gasteiger partial charge in [-0.15, -0.1) is 0 Å². The number of benzene rings is 1. The lowest BCUT2D eigenvalue weighted by Crippen LogP contribution is -2.46. The van der Waals surface area contributed by atoms with Gasteiger partial charge in [-0.1, -0.05) is 12.1 Å². The average molecular weight is 260 g/mol. The Bertz CT molecular complexity index is 454. The highest BCUT2D eigenvalue weighted by molar-refractivity contribution is 5.89. The topological polar surface area (TPSA) is 41.6 Å². The molecule has 1 aliphatic carbocycles. The quantitative estimate of drug-likeness (QED) is 0.838. The van der Waals surface area contributed by atoms with Crippen LogP contribution in [0.1, 0.15) is 34.8 Å². The summed E-state index contributed by atoms with van der Waals surface area (Å²) in [6.45, 7) is 3.27. The highest BCUT2D eigenvalue weighted by Gasteiger charge is 2.32. The van der Waals surface area contributed by atoms with Crippen LogP contribution in [0.3, 0.4) is 0 Å². The van der Waals surface area contributed by atoms with Crippen LogP contribution in [-0.4, -0.2) is 43.7 Å². The summed E-state index contributed by atoms with van der Waals surface area (Å²) in [7, 11) is 1.41. The third-order valence-corrected chi connectivity index (χ3v) is 4.00. The molecule has 102 valence electrons. The second-order valence-electron chi connectivity index (χ2n) is 5.35. The molecule has 4 heteroatoms. The van der Waals surface area contributed by atoms with Crippen LogP contribution < -0.4 is 5.32 Å². The molecule has 1 aliphatic heterocycles. The zero-order valence-corrected chi connectivity index (χ0v) is 11.3. The molecule has 2 aliphatic rings. The molecule has 1 N–H and O–H groups in total. The Kier molecular flexibility index (Phi) is 3.53. The van der Waals surface area contributed by atoms with Crippen molar-refractivity contribution in [2.75, 3.05) is 26.7 Å². The molecule has 0 amide bonds. The number of ether oxygens (including phenoxy) is 1. The molecule has 1 saturated heterocycles. The van der Waals surface area contributed by atoms with Gasteiger partial charge in [-0.05, 0) is 30.5 Å². The number of nitrogens with zero attached hydrogens (tertiary/aromatic N) is 1. The van der Waals surface area contributed by atoms with E-state index in [0.29, 0.717) is 11.6 Å². The summed E-state index contributed by atoms with van der Waals surface area (Å²) in [4.78, 5) is 14.0. The lowest BCUT2D eigenvalue weighted by atomic mass is 10.0. The number of esters is 1. The second kappa shape index (κ2) is 5.31. The van der Waals surface area contributed by atoms with Gasteiger partial charge >= 0.3 is 5.97 Å². The normalized spacial score (nSPS) is 24.2. The number of carbonyl (C=O) groups excluding carboxylic acids is 1. The molecule has 0 spiro atoms. The predicted octanol–water partition coefficient (Wildman–Crippen LogP) is 1.58. The van der Waals surface area contributed by atoms with Crippen LogP contribution in [-0.2, 0) is 4.74 Å². The van der Waals surface area contributed by atoms with Crippen molar-refractivity contribution in [3.63, 3.8) is 0 Å². The first kappa shape index (κ1) is 12.6. The lowest BCUT2D eigenvalue weighted by Gasteiger charge is -2.34. The van der Waals surface area contributed by atoms with Crippen molar-refractivity contribution in [2.45, 2.75) is 24.9 Å². The van der Waals surface area contributed by atoms with Crippen LogP contribution in [0.4, 0.5) is 0 Å². The van der Waals surface area contributed by atoms with Crippen molar-refractivity contribution in [1.82, 2.24) is 10.2 Å². The van der Waals surface area contributed by atoms with Crippen LogP contribution in [0.2, 0.25) is 0 Å². The van der Waals surface area contributed by atoms with Gasteiger partial charge in [0.05, 0.1) is 12.7 Å². The zero-order valence-electron chi connectivity index (χ0n) is 11.3. The van der Waals surface area contributed by atoms with Gasteiger partial charge in [0.25, 0.3) is 0 Å². The molecule has 4 nitrogen and oxygen atoms in total. The predicted molar refractivity (Wildman–Crippen MR) is 73.1 cm³/mol. The number of hydrogen-bond acceptors (Lipinski definition) is 4. The second-order valence-corrected chi connectivity index (χ2v) is 5.35. The molecule has 2 fully saturated rings. The van der Waals surface area contributed by atoms with Crippen molar-refractivity contribution in [1.29, 1.82) is 0 Å². The van der Waals surface area contributed by atoms with Gasteiger partial charge in [0.2, 0.25) is 0 Å². The van der Waals surface area contributed by atoms with Crippen LogP contribution >= 0.6 is 0 Å². The summed E-state index contributed by atoms with van der Waals surface area (Å²) < 4.78 is 4.72. The van der Waals surface area contributed by atoms with Crippen molar-refractivity contribution in [2.24, 2.45) is 0 Å². The molecule has 1 atom stereocenters. The van der Waals surface area contributed by atoms with E-state index in [1.165, 1.54) is 25.5 Å². The summed E-state index contributed by atoms with van der Waals surface area (Å²) >= 11 is 0. The van der Waals surface area contributed by atoms with Crippen LogP contribution in [0.15, 0.2) is 24.3 Å². The third-order valence-electron chi connectivity index (χ3n) is 4.00. The molecule has 0 bridgehead atoms. The fourth-order valence-corrected chi connectivity index (χ4v) is 2.74. The minimum absolute atomic E-state index is 0.275. The molecule has 1 unspecified atom stereocenters. The third kappa shape index (κ3) is 2.80. The Morgan fingerprint density at radius 1 is 1.32 bits per heavy atom. The van der Waals surface area contributed by atoms with Crippen molar-refractivity contribution >= 4 is 5.97 Å². The smallest absolute Gasteiger partial charge is 0.337 e. The van der Waals surface area contributed by atoms with E-state index in [2.05, 4.69) is 10.2 Å². The Morgan fingerprint density at radius 2 is 2.05 bits per heavy atom. The molecule has 3 rings (SSSR count). The van der Waals surface area contributed by atoms with E-state index < -0.39 is 0 Å². The first-order valence-corrected chi connectivity index (χ1v) is 6.93. The van der Waals surface area contributed by atoms with Crippen molar-refractivity contribution in [3.05, 3.63) is 35.4 Å². The van der Waals surface area contributed by atoms with Gasteiger partial charge in [0.1, 0.15) is 0 Å². The largest absolute Gasteiger partial charge is 0.465 e. The van der Waals surface area contributed by atoms with Gasteiger partial charge in [-0.3, -0.25) is 4.90 Å². The first-order chi connectivity index (χ1) is 9.28. The maximum absolute atomic E-state index is 11.4. The lowest BCUT2D eigenvalue weighted by molar-refractivity contribution is 0.0600. The van der Waals surface area contributed by atoms with Gasteiger partial charge in [0, 0.05) is 31.7 Å². The molecule has 1 heterocycles. The summed E-state index contributed by atoms with van der Waals surface area (Å²) in [5.74, 6) is -0.275. The minimum atomic E-state index is -0.275. The fourth-order valence-electron chi connectivity index (χ4n) is 2.74. The summed E-state index contributed by atoms with van der Waals surface area (Å²) in [6, 6.07) is 8.94. The average Bonchev–Trinajstić information content (AvgIpc) is 3.31. The first-order valence-electron chi connectivity index (χ1n) is 6.93. The molecule has 0 aromatic heterocycles. The van der Waals surface area contributed by atoms with Crippen LogP contribution in [0, 0.1) is 0 Å². The van der Waals surface area contributed by atoms with E-state index in [0.717, 1.165) is 25.7 Å². The monoisotopic (exact) mass is 260 g/mol. The van der Waals surface area contributed by atoms with E-state index in [-0.39, 0.29) is 5.97 Å². The minimum Gasteiger partial charge on any atom is -0.465 e. The highest BCUT2D eigenvalue weighted by Crippen LogP contribution is 2.30. The summed E-state index contributed by atoms with van der Waals surface area (Å²) in [5, 5.41) is 3.55. The number of hydrogen-bond donors (Lipinski definition) is 1. The highest BCUT2D eigenvalue weighted by atomic mass is 16.5. The van der Waals surface area contributed by atoms with Gasteiger partial charge in [-0.25, -0.2) is 4.79 Å². The van der Waals surface area contributed by atoms with E-state index >= 15 is 0 Å². The number of nitrogens with one attached hydrogen (secondary N) is 1. The number of carbonyl (C=O) groups is 1. The van der Waals surface area contributed by atoms with E-state index in [4.69, 9.17) is 4.74 Å². The Labute approximate surface area is 113 Å². The summed E-state index contributed by atoms with van der Waals surface area (Å²) in [6.07, 6.45) is 2.71. The summed E-state index contributed by atoms with van der Waals surface area (Å²) in [5.41, 5.74) is 1.86. The zero-order chi connectivity index (χ0) is 13.2. The molecular weight excluding hydrogens is 240 g/mol. The van der Waals surface area contributed by atoms with Gasteiger partial charge in [-0.2, -0.15) is 0 Å². The maximum atomic E-state index is 11.4. The Hall–Kier alpha value is -1.39. The van der Waals surface area contributed by atoms with Crippen LogP contribution in [0.5, 0.6) is 0 Å². The van der Waals surface area contributed by atoms with Gasteiger partial charge in [0.15, 0.2) is 0 Å². The molecular formula is C15H20N2O2. The number of rotatable bonds is 3. The Balaban J connectivity index is 1.69. The molecule has 19 heavy (non-hydrogen) atoms. The van der Waals surface area contributed by atoms with E-state index in [9.17, 15) is 4.79 Å². The Morgan fingerprint density at radius 3 is 2.68 bits per heavy atom.